The molecule has 4 nitrogen and oxygen atoms in total. The Hall–Kier alpha value is -1.36. The monoisotopic (exact) mass is 360 g/mol. The van der Waals surface area contributed by atoms with Crippen molar-refractivity contribution < 1.29 is 9.59 Å². The number of fused-ring (bicyclic) bond motifs is 1. The van der Waals surface area contributed by atoms with Crippen molar-refractivity contribution in [3.05, 3.63) is 21.4 Å². The summed E-state index contributed by atoms with van der Waals surface area (Å²) < 4.78 is 0. The van der Waals surface area contributed by atoms with Crippen LogP contribution in [0.2, 0.25) is 0 Å². The van der Waals surface area contributed by atoms with Crippen molar-refractivity contribution in [3.63, 3.8) is 0 Å². The molecule has 2 fully saturated rings. The predicted octanol–water partition coefficient (Wildman–Crippen LogP) is 3.54. The van der Waals surface area contributed by atoms with Gasteiger partial charge in [0.25, 0.3) is 5.91 Å². The van der Waals surface area contributed by atoms with Crippen LogP contribution in [0.1, 0.15) is 71.5 Å². The fourth-order valence-electron chi connectivity index (χ4n) is 4.49. The van der Waals surface area contributed by atoms with Gasteiger partial charge in [-0.05, 0) is 56.6 Å². The molecule has 1 atom stereocenters. The summed E-state index contributed by atoms with van der Waals surface area (Å²) in [4.78, 5) is 29.4. The van der Waals surface area contributed by atoms with E-state index in [1.54, 1.807) is 11.3 Å². The number of amides is 2. The third-order valence-corrected chi connectivity index (χ3v) is 7.23. The second-order valence-electron chi connectivity index (χ2n) is 7.84. The quantitative estimate of drug-likeness (QED) is 0.896. The summed E-state index contributed by atoms with van der Waals surface area (Å²) in [5, 5.41) is 3.28. The van der Waals surface area contributed by atoms with Gasteiger partial charge < -0.3 is 10.2 Å². The van der Waals surface area contributed by atoms with Crippen LogP contribution in [0.5, 0.6) is 0 Å². The Bertz CT molecular complexity index is 642. The second kappa shape index (κ2) is 7.48. The number of aryl methyl sites for hydroxylation is 1. The standard InChI is InChI=1S/C20H28N2O2S/c23-19(21-16-6-2-1-3-7-16)14-8-9-17-15(12-14)13-18(25-17)20(24)22-10-4-5-11-22/h13-14,16H,1-12H2,(H,21,23). The smallest absolute Gasteiger partial charge is 0.263 e. The van der Waals surface area contributed by atoms with E-state index in [1.807, 2.05) is 4.90 Å². The van der Waals surface area contributed by atoms with Gasteiger partial charge in [0.05, 0.1) is 4.88 Å². The first-order valence-electron chi connectivity index (χ1n) is 9.92. The molecule has 2 aliphatic carbocycles. The molecule has 1 aromatic heterocycles. The minimum absolute atomic E-state index is 0.0822. The lowest BCUT2D eigenvalue weighted by molar-refractivity contribution is -0.126. The first-order chi connectivity index (χ1) is 12.2. The van der Waals surface area contributed by atoms with Gasteiger partial charge in [0.15, 0.2) is 0 Å². The zero-order valence-electron chi connectivity index (χ0n) is 14.9. The zero-order valence-corrected chi connectivity index (χ0v) is 15.7. The van der Waals surface area contributed by atoms with Gasteiger partial charge in [-0.2, -0.15) is 0 Å². The molecule has 1 aromatic rings. The third kappa shape index (κ3) is 3.76. The van der Waals surface area contributed by atoms with Crippen molar-refractivity contribution in [1.29, 1.82) is 0 Å². The maximum Gasteiger partial charge on any atom is 0.263 e. The highest BCUT2D eigenvalue weighted by atomic mass is 32.1. The lowest BCUT2D eigenvalue weighted by atomic mass is 9.87. The fourth-order valence-corrected chi connectivity index (χ4v) is 5.67. The molecule has 2 amide bonds. The summed E-state index contributed by atoms with van der Waals surface area (Å²) in [6.07, 6.45) is 11.0. The summed E-state index contributed by atoms with van der Waals surface area (Å²) in [6, 6.07) is 2.46. The van der Waals surface area contributed by atoms with Crippen LogP contribution in [0.25, 0.3) is 0 Å². The van der Waals surface area contributed by atoms with Crippen molar-refractivity contribution in [3.8, 4) is 0 Å². The van der Waals surface area contributed by atoms with E-state index < -0.39 is 0 Å². The molecule has 1 saturated heterocycles. The Balaban J connectivity index is 1.39. The third-order valence-electron chi connectivity index (χ3n) is 6.01. The highest BCUT2D eigenvalue weighted by molar-refractivity contribution is 7.14. The van der Waals surface area contributed by atoms with E-state index in [0.29, 0.717) is 6.04 Å². The van der Waals surface area contributed by atoms with Crippen molar-refractivity contribution in [1.82, 2.24) is 10.2 Å². The van der Waals surface area contributed by atoms with Crippen LogP contribution in [0.15, 0.2) is 6.07 Å². The van der Waals surface area contributed by atoms with Gasteiger partial charge in [-0.25, -0.2) is 0 Å². The minimum atomic E-state index is 0.0822. The maximum absolute atomic E-state index is 12.6. The number of carbonyl (C=O) groups is 2. The molecule has 25 heavy (non-hydrogen) atoms. The zero-order chi connectivity index (χ0) is 17.2. The maximum atomic E-state index is 12.6. The minimum Gasteiger partial charge on any atom is -0.353 e. The molecule has 1 saturated carbocycles. The highest BCUT2D eigenvalue weighted by Gasteiger charge is 2.30. The molecule has 3 aliphatic rings. The van der Waals surface area contributed by atoms with Crippen LogP contribution in [-0.4, -0.2) is 35.8 Å². The summed E-state index contributed by atoms with van der Waals surface area (Å²) in [5.74, 6) is 0.509. The topological polar surface area (TPSA) is 49.4 Å². The van der Waals surface area contributed by atoms with Crippen molar-refractivity contribution in [2.45, 2.75) is 70.3 Å². The Morgan fingerprint density at radius 1 is 1.04 bits per heavy atom. The van der Waals surface area contributed by atoms with Crippen LogP contribution in [0.4, 0.5) is 0 Å². The van der Waals surface area contributed by atoms with Gasteiger partial charge in [-0.1, -0.05) is 19.3 Å². The van der Waals surface area contributed by atoms with Gasteiger partial charge in [0, 0.05) is 29.9 Å². The molecule has 1 unspecified atom stereocenters. The molecular weight excluding hydrogens is 332 g/mol. The lowest BCUT2D eigenvalue weighted by Crippen LogP contribution is -2.41. The average Bonchev–Trinajstić information content (AvgIpc) is 3.31. The Morgan fingerprint density at radius 3 is 2.56 bits per heavy atom. The number of thiophene rings is 1. The molecule has 0 spiro atoms. The summed E-state index contributed by atoms with van der Waals surface area (Å²) in [7, 11) is 0. The van der Waals surface area contributed by atoms with E-state index in [9.17, 15) is 9.59 Å². The number of carbonyl (C=O) groups excluding carboxylic acids is 2. The molecule has 4 rings (SSSR count). The second-order valence-corrected chi connectivity index (χ2v) is 8.98. The van der Waals surface area contributed by atoms with E-state index in [0.717, 1.165) is 62.9 Å². The molecule has 1 N–H and O–H groups in total. The van der Waals surface area contributed by atoms with Crippen molar-refractivity contribution >= 4 is 23.2 Å². The van der Waals surface area contributed by atoms with Gasteiger partial charge in [-0.3, -0.25) is 9.59 Å². The van der Waals surface area contributed by atoms with E-state index in [4.69, 9.17) is 0 Å². The van der Waals surface area contributed by atoms with Gasteiger partial charge >= 0.3 is 0 Å². The molecule has 0 bridgehead atoms. The molecule has 136 valence electrons. The molecule has 0 radical (unpaired) electrons. The lowest BCUT2D eigenvalue weighted by Gasteiger charge is -2.27. The van der Waals surface area contributed by atoms with Crippen molar-refractivity contribution in [2.75, 3.05) is 13.1 Å². The predicted molar refractivity (Wildman–Crippen MR) is 100.0 cm³/mol. The van der Waals surface area contributed by atoms with E-state index >= 15 is 0 Å². The van der Waals surface area contributed by atoms with Crippen LogP contribution >= 0.6 is 11.3 Å². The van der Waals surface area contributed by atoms with Gasteiger partial charge in [-0.15, -0.1) is 11.3 Å². The SMILES string of the molecule is O=C(NC1CCCCC1)C1CCc2sc(C(=O)N3CCCC3)cc2C1. The Morgan fingerprint density at radius 2 is 1.80 bits per heavy atom. The number of likely N-dealkylation sites (tertiary alicyclic amines) is 1. The van der Waals surface area contributed by atoms with E-state index in [2.05, 4.69) is 11.4 Å². The fraction of sp³-hybridized carbons (Fsp3) is 0.700. The number of hydrogen-bond acceptors (Lipinski definition) is 3. The summed E-state index contributed by atoms with van der Waals surface area (Å²) in [5.41, 5.74) is 1.24. The molecule has 0 aromatic carbocycles. The van der Waals surface area contributed by atoms with Crippen LogP contribution in [0.3, 0.4) is 0 Å². The average molecular weight is 361 g/mol. The normalized spacial score (nSPS) is 24.2. The van der Waals surface area contributed by atoms with Crippen LogP contribution in [0, 0.1) is 5.92 Å². The van der Waals surface area contributed by atoms with Gasteiger partial charge in [0.2, 0.25) is 5.91 Å². The van der Waals surface area contributed by atoms with E-state index in [1.165, 1.54) is 29.7 Å². The first-order valence-corrected chi connectivity index (χ1v) is 10.7. The van der Waals surface area contributed by atoms with E-state index in [-0.39, 0.29) is 17.7 Å². The van der Waals surface area contributed by atoms with Crippen LogP contribution < -0.4 is 5.32 Å². The molecule has 1 aliphatic heterocycles. The summed E-state index contributed by atoms with van der Waals surface area (Å²) in [6.45, 7) is 1.79. The highest BCUT2D eigenvalue weighted by Crippen LogP contribution is 2.33. The van der Waals surface area contributed by atoms with Gasteiger partial charge in [0.1, 0.15) is 0 Å². The number of hydrogen-bond donors (Lipinski definition) is 1. The number of rotatable bonds is 3. The summed E-state index contributed by atoms with van der Waals surface area (Å²) >= 11 is 1.66. The molecule has 5 heteroatoms. The Labute approximate surface area is 154 Å². The molecule has 2 heterocycles. The number of nitrogens with one attached hydrogen (secondary N) is 1. The first kappa shape index (κ1) is 17.1. The Kier molecular flexibility index (Phi) is 5.11. The molecular formula is C20H28N2O2S. The number of nitrogens with zero attached hydrogens (tertiary/aromatic N) is 1. The van der Waals surface area contributed by atoms with Crippen LogP contribution in [-0.2, 0) is 17.6 Å². The largest absolute Gasteiger partial charge is 0.353 e. The van der Waals surface area contributed by atoms with Crippen molar-refractivity contribution in [2.24, 2.45) is 5.92 Å².